The second-order valence-corrected chi connectivity index (χ2v) is 8.10. The van der Waals surface area contributed by atoms with Crippen molar-refractivity contribution < 1.29 is 17.9 Å². The van der Waals surface area contributed by atoms with E-state index in [-0.39, 0.29) is 17.9 Å². The van der Waals surface area contributed by atoms with Gasteiger partial charge in [-0.2, -0.15) is 4.31 Å². The molecule has 0 bridgehead atoms. The average Bonchev–Trinajstić information content (AvgIpc) is 3.03. The molecule has 0 spiro atoms. The zero-order valence-corrected chi connectivity index (χ0v) is 13.1. The maximum Gasteiger partial charge on any atom is 0.249 e. The number of sulfonamides is 1. The maximum atomic E-state index is 12.4. The van der Waals surface area contributed by atoms with Crippen LogP contribution < -0.4 is 0 Å². The summed E-state index contributed by atoms with van der Waals surface area (Å²) in [5, 5.41) is 0. The number of nitrogens with zero attached hydrogens (tertiary/aromatic N) is 2. The van der Waals surface area contributed by atoms with Crippen LogP contribution in [0.5, 0.6) is 0 Å². The lowest BCUT2D eigenvalue weighted by atomic mass is 10.1. The normalized spacial score (nSPS) is 30.9. The van der Waals surface area contributed by atoms with Crippen LogP contribution in [0, 0.1) is 5.92 Å². The van der Waals surface area contributed by atoms with E-state index >= 15 is 0 Å². The van der Waals surface area contributed by atoms with Gasteiger partial charge in [-0.1, -0.05) is 6.08 Å². The number of fused-ring (bicyclic) bond motifs is 1. The summed E-state index contributed by atoms with van der Waals surface area (Å²) in [5.41, 5.74) is 0.909. The van der Waals surface area contributed by atoms with E-state index in [1.54, 1.807) is 0 Å². The Hall–Kier alpha value is -0.920. The van der Waals surface area contributed by atoms with E-state index in [2.05, 4.69) is 0 Å². The highest BCUT2D eigenvalue weighted by molar-refractivity contribution is 7.88. The molecule has 0 saturated carbocycles. The number of amides is 1. The van der Waals surface area contributed by atoms with Gasteiger partial charge in [-0.05, 0) is 19.3 Å². The minimum atomic E-state index is -3.20. The summed E-state index contributed by atoms with van der Waals surface area (Å²) >= 11 is 0. The first-order valence-corrected chi connectivity index (χ1v) is 9.35. The van der Waals surface area contributed by atoms with Crippen molar-refractivity contribution in [3.8, 4) is 0 Å². The number of rotatable bonds is 2. The molecule has 3 aliphatic rings. The molecule has 118 valence electrons. The van der Waals surface area contributed by atoms with Crippen molar-refractivity contribution in [2.75, 3.05) is 39.0 Å². The zero-order valence-electron chi connectivity index (χ0n) is 12.3. The molecular weight excluding hydrogens is 292 g/mol. The van der Waals surface area contributed by atoms with Crippen LogP contribution in [0.25, 0.3) is 0 Å². The molecule has 1 aliphatic carbocycles. The van der Waals surface area contributed by atoms with E-state index in [1.807, 2.05) is 11.0 Å². The lowest BCUT2D eigenvalue weighted by molar-refractivity contribution is -0.126. The van der Waals surface area contributed by atoms with Crippen LogP contribution >= 0.6 is 0 Å². The number of hydrogen-bond donors (Lipinski definition) is 0. The fraction of sp³-hybridized carbons (Fsp3) is 0.786. The van der Waals surface area contributed by atoms with Crippen molar-refractivity contribution in [2.24, 2.45) is 5.92 Å². The van der Waals surface area contributed by atoms with Crippen molar-refractivity contribution in [3.05, 3.63) is 11.6 Å². The fourth-order valence-electron chi connectivity index (χ4n) is 3.40. The first-order chi connectivity index (χ1) is 9.95. The number of carbonyl (C=O) groups is 1. The van der Waals surface area contributed by atoms with Gasteiger partial charge in [0.05, 0.1) is 19.0 Å². The Morgan fingerprint density at radius 1 is 1.33 bits per heavy atom. The summed E-state index contributed by atoms with van der Waals surface area (Å²) in [7, 11) is -3.20. The lowest BCUT2D eigenvalue weighted by Crippen LogP contribution is -2.37. The van der Waals surface area contributed by atoms with Crippen LogP contribution in [0.2, 0.25) is 0 Å². The van der Waals surface area contributed by atoms with Crippen molar-refractivity contribution in [1.82, 2.24) is 9.21 Å². The smallest absolute Gasteiger partial charge is 0.249 e. The van der Waals surface area contributed by atoms with Crippen LogP contribution in [-0.4, -0.2) is 68.7 Å². The summed E-state index contributed by atoms with van der Waals surface area (Å²) < 4.78 is 30.7. The van der Waals surface area contributed by atoms with Gasteiger partial charge in [0.15, 0.2) is 0 Å². The van der Waals surface area contributed by atoms with Crippen molar-refractivity contribution in [2.45, 2.75) is 25.4 Å². The van der Waals surface area contributed by atoms with Crippen molar-refractivity contribution in [1.29, 1.82) is 0 Å². The summed E-state index contributed by atoms with van der Waals surface area (Å²) in [4.78, 5) is 14.3. The van der Waals surface area contributed by atoms with E-state index in [1.165, 1.54) is 10.6 Å². The van der Waals surface area contributed by atoms with Gasteiger partial charge in [0.1, 0.15) is 0 Å². The van der Waals surface area contributed by atoms with Crippen LogP contribution in [0.4, 0.5) is 0 Å². The fourth-order valence-corrected chi connectivity index (χ4v) is 4.27. The summed E-state index contributed by atoms with van der Waals surface area (Å²) in [6, 6.07) is 0. The highest BCUT2D eigenvalue weighted by Crippen LogP contribution is 2.28. The molecule has 2 saturated heterocycles. The molecule has 0 aromatic rings. The predicted octanol–water partition coefficient (Wildman–Crippen LogP) is 0.215. The van der Waals surface area contributed by atoms with Crippen LogP contribution in [0.1, 0.15) is 19.3 Å². The molecule has 21 heavy (non-hydrogen) atoms. The van der Waals surface area contributed by atoms with Crippen molar-refractivity contribution in [3.63, 3.8) is 0 Å². The second kappa shape index (κ2) is 5.70. The van der Waals surface area contributed by atoms with Gasteiger partial charge in [-0.15, -0.1) is 0 Å². The molecule has 2 aliphatic heterocycles. The number of hydrogen-bond acceptors (Lipinski definition) is 4. The van der Waals surface area contributed by atoms with Crippen molar-refractivity contribution >= 4 is 15.9 Å². The Balaban J connectivity index is 1.69. The Labute approximate surface area is 125 Å². The van der Waals surface area contributed by atoms with E-state index < -0.39 is 10.0 Å². The average molecular weight is 314 g/mol. The number of allylic oxidation sites excluding steroid dienone is 1. The Kier molecular flexibility index (Phi) is 4.07. The molecule has 0 aromatic carbocycles. The topological polar surface area (TPSA) is 66.9 Å². The molecule has 0 radical (unpaired) electrons. The third-order valence-corrected chi connectivity index (χ3v) is 5.83. The van der Waals surface area contributed by atoms with E-state index in [4.69, 9.17) is 4.74 Å². The standard InChI is InChI=1S/C14H22N2O4S/c1-21(18,19)16-6-7-20-13-10-15(8-12(13)9-16)14(17)11-4-2-3-5-11/h4,12-13H,2-3,5-10H2,1H3/t12-,13-/m0/s1. The van der Waals surface area contributed by atoms with Gasteiger partial charge in [-0.3, -0.25) is 4.79 Å². The first-order valence-electron chi connectivity index (χ1n) is 7.50. The molecule has 0 N–H and O–H groups in total. The quantitative estimate of drug-likeness (QED) is 0.731. The number of ether oxygens (including phenoxy) is 1. The van der Waals surface area contributed by atoms with Crippen LogP contribution in [-0.2, 0) is 19.6 Å². The van der Waals surface area contributed by atoms with Gasteiger partial charge in [-0.25, -0.2) is 8.42 Å². The third kappa shape index (κ3) is 3.14. The number of likely N-dealkylation sites (tertiary alicyclic amines) is 1. The predicted molar refractivity (Wildman–Crippen MR) is 78.2 cm³/mol. The minimum absolute atomic E-state index is 0.0392. The van der Waals surface area contributed by atoms with Gasteiger partial charge < -0.3 is 9.64 Å². The van der Waals surface area contributed by atoms with Crippen LogP contribution in [0.15, 0.2) is 11.6 Å². The lowest BCUT2D eigenvalue weighted by Gasteiger charge is -2.21. The van der Waals surface area contributed by atoms with E-state index in [9.17, 15) is 13.2 Å². The minimum Gasteiger partial charge on any atom is -0.375 e. The third-order valence-electron chi connectivity index (χ3n) is 4.56. The number of carbonyl (C=O) groups excluding carboxylic acids is 1. The molecule has 2 atom stereocenters. The van der Waals surface area contributed by atoms with Crippen LogP contribution in [0.3, 0.4) is 0 Å². The van der Waals surface area contributed by atoms with Gasteiger partial charge in [0, 0.05) is 37.7 Å². The molecule has 3 rings (SSSR count). The molecule has 0 aromatic heterocycles. The molecule has 7 heteroatoms. The van der Waals surface area contributed by atoms with Gasteiger partial charge >= 0.3 is 0 Å². The summed E-state index contributed by atoms with van der Waals surface area (Å²) in [6.45, 7) is 2.43. The van der Waals surface area contributed by atoms with Gasteiger partial charge in [0.25, 0.3) is 0 Å². The van der Waals surface area contributed by atoms with Gasteiger partial charge in [0.2, 0.25) is 15.9 Å². The largest absolute Gasteiger partial charge is 0.375 e. The Bertz CT molecular complexity index is 557. The summed E-state index contributed by atoms with van der Waals surface area (Å²) in [6.07, 6.45) is 6.12. The molecular formula is C14H22N2O4S. The Morgan fingerprint density at radius 3 is 2.81 bits per heavy atom. The highest BCUT2D eigenvalue weighted by Gasteiger charge is 2.40. The first kappa shape index (κ1) is 15.0. The SMILES string of the molecule is CS(=O)(=O)N1CCO[C@H]2CN(C(=O)C3=CCCC3)C[C@H]2C1. The zero-order chi connectivity index (χ0) is 15.0. The molecule has 6 nitrogen and oxygen atoms in total. The Morgan fingerprint density at radius 2 is 2.14 bits per heavy atom. The molecule has 1 amide bonds. The highest BCUT2D eigenvalue weighted by atomic mass is 32.2. The van der Waals surface area contributed by atoms with E-state index in [0.717, 1.165) is 24.8 Å². The monoisotopic (exact) mass is 314 g/mol. The molecule has 2 heterocycles. The molecule has 2 fully saturated rings. The maximum absolute atomic E-state index is 12.4. The molecule has 0 unspecified atom stereocenters. The second-order valence-electron chi connectivity index (χ2n) is 6.12. The summed E-state index contributed by atoms with van der Waals surface area (Å²) in [5.74, 6) is 0.184. The van der Waals surface area contributed by atoms with E-state index in [0.29, 0.717) is 32.8 Å².